The average Bonchev–Trinajstić information content (AvgIpc) is 3.17. The Labute approximate surface area is 167 Å². The van der Waals surface area contributed by atoms with Crippen LogP contribution in [0.25, 0.3) is 0 Å². The molecule has 3 aliphatic rings. The fourth-order valence-electron chi connectivity index (χ4n) is 4.01. The highest BCUT2D eigenvalue weighted by molar-refractivity contribution is 6.11. The predicted molar refractivity (Wildman–Crippen MR) is 104 cm³/mol. The second kappa shape index (κ2) is 6.40. The Kier molecular flexibility index (Phi) is 4.21. The zero-order valence-electron chi connectivity index (χ0n) is 16.9. The Morgan fingerprint density at radius 2 is 1.76 bits per heavy atom. The van der Waals surface area contributed by atoms with E-state index >= 15 is 0 Å². The minimum Gasteiger partial charge on any atom is -0.302 e. The molecule has 1 fully saturated rings. The summed E-state index contributed by atoms with van der Waals surface area (Å²) in [7, 11) is 1.58. The van der Waals surface area contributed by atoms with Gasteiger partial charge in [0.1, 0.15) is 5.82 Å². The second-order valence-electron chi connectivity index (χ2n) is 7.53. The van der Waals surface area contributed by atoms with Gasteiger partial charge in [0.25, 0.3) is 5.91 Å². The van der Waals surface area contributed by atoms with Crippen LogP contribution in [0.3, 0.4) is 0 Å². The fraction of sp³-hybridized carbons (Fsp3) is 0.400. The molecule has 3 unspecified atom stereocenters. The molecule has 0 spiro atoms. The first-order valence-electron chi connectivity index (χ1n) is 9.35. The maximum atomic E-state index is 13.4. The second-order valence-corrected chi connectivity index (χ2v) is 7.53. The van der Waals surface area contributed by atoms with Crippen LogP contribution >= 0.6 is 0 Å². The number of rotatable bonds is 3. The van der Waals surface area contributed by atoms with Crippen molar-refractivity contribution in [1.82, 2.24) is 14.7 Å². The number of urea groups is 1. The quantitative estimate of drug-likeness (QED) is 0.778. The number of aliphatic imine (C=N–C) groups is 1. The molecule has 3 heterocycles. The first-order chi connectivity index (χ1) is 13.6. The van der Waals surface area contributed by atoms with Crippen molar-refractivity contribution in [2.75, 3.05) is 11.9 Å². The molecular weight excluding hydrogens is 377 g/mol. The lowest BCUT2D eigenvalue weighted by Crippen LogP contribution is -2.67. The Balaban J connectivity index is 1.78. The highest BCUT2D eigenvalue weighted by Gasteiger charge is 2.57. The van der Waals surface area contributed by atoms with E-state index in [0.717, 1.165) is 16.3 Å². The third kappa shape index (κ3) is 2.56. The van der Waals surface area contributed by atoms with Crippen molar-refractivity contribution in [3.63, 3.8) is 0 Å². The minimum absolute atomic E-state index is 0.268. The van der Waals surface area contributed by atoms with E-state index in [0.29, 0.717) is 11.6 Å². The van der Waals surface area contributed by atoms with E-state index in [4.69, 9.17) is 0 Å². The molecule has 1 aromatic carbocycles. The summed E-state index contributed by atoms with van der Waals surface area (Å²) in [5.74, 6) is -0.561. The van der Waals surface area contributed by atoms with Crippen molar-refractivity contribution in [2.45, 2.75) is 45.9 Å². The zero-order chi connectivity index (χ0) is 21.2. The van der Waals surface area contributed by atoms with Crippen LogP contribution in [-0.4, -0.2) is 63.7 Å². The van der Waals surface area contributed by atoms with E-state index in [1.54, 1.807) is 31.0 Å². The molecular formula is C20H22FN5O3. The summed E-state index contributed by atoms with van der Waals surface area (Å²) in [5, 5.41) is 0. The Morgan fingerprint density at radius 3 is 2.34 bits per heavy atom. The number of carbonyl (C=O) groups excluding carboxylic acids is 3. The number of nitrogens with zero attached hydrogens (tertiary/aromatic N) is 5. The maximum Gasteiger partial charge on any atom is 0.328 e. The number of imide groups is 1. The number of ketones is 1. The summed E-state index contributed by atoms with van der Waals surface area (Å²) in [6.07, 6.45) is -0.702. The van der Waals surface area contributed by atoms with Gasteiger partial charge in [-0.25, -0.2) is 14.2 Å². The number of amides is 3. The molecule has 0 radical (unpaired) electrons. The van der Waals surface area contributed by atoms with Gasteiger partial charge in [-0.05, 0) is 52.0 Å². The molecule has 0 aliphatic carbocycles. The first-order valence-corrected chi connectivity index (χ1v) is 9.35. The summed E-state index contributed by atoms with van der Waals surface area (Å²) in [5.41, 5.74) is 2.37. The van der Waals surface area contributed by atoms with Gasteiger partial charge >= 0.3 is 6.03 Å². The maximum absolute atomic E-state index is 13.4. The van der Waals surface area contributed by atoms with Crippen LogP contribution in [-0.2, 0) is 9.59 Å². The van der Waals surface area contributed by atoms with Crippen LogP contribution in [0.1, 0.15) is 27.7 Å². The molecule has 1 aromatic rings. The molecule has 29 heavy (non-hydrogen) atoms. The van der Waals surface area contributed by atoms with Crippen molar-refractivity contribution >= 4 is 29.4 Å². The van der Waals surface area contributed by atoms with E-state index in [-0.39, 0.29) is 11.6 Å². The van der Waals surface area contributed by atoms with Crippen LogP contribution in [0.15, 0.2) is 40.7 Å². The van der Waals surface area contributed by atoms with Gasteiger partial charge in [-0.15, -0.1) is 0 Å². The highest BCUT2D eigenvalue weighted by atomic mass is 19.1. The van der Waals surface area contributed by atoms with Gasteiger partial charge in [0.05, 0.1) is 6.04 Å². The van der Waals surface area contributed by atoms with E-state index in [1.165, 1.54) is 24.0 Å². The highest BCUT2D eigenvalue weighted by Crippen LogP contribution is 2.40. The number of benzene rings is 1. The number of guanidine groups is 1. The van der Waals surface area contributed by atoms with E-state index in [2.05, 4.69) is 4.99 Å². The molecule has 1 saturated heterocycles. The van der Waals surface area contributed by atoms with Crippen LogP contribution in [0, 0.1) is 5.82 Å². The standard InChI is InChI=1S/C20H22FN5O3/c1-10-11(2)25-16-17(22-19(25)24(10)15-8-6-14(21)7-9-15)23(5)20(29)26(18(16)28)12(3)13(4)27/h6-9,12,16-17H,1-5H3. The smallest absolute Gasteiger partial charge is 0.302 e. The SMILES string of the molecule is CC(=O)C(C)N1C(=O)C2C(N=C3N(c4ccc(F)cc4)C(C)=C(C)N32)N(C)C1=O. The molecule has 0 N–H and O–H groups in total. The van der Waals surface area contributed by atoms with E-state index in [9.17, 15) is 18.8 Å². The molecule has 8 nitrogen and oxygen atoms in total. The van der Waals surface area contributed by atoms with Crippen LogP contribution in [0.2, 0.25) is 0 Å². The summed E-state index contributed by atoms with van der Waals surface area (Å²) < 4.78 is 13.4. The molecule has 3 atom stereocenters. The van der Waals surface area contributed by atoms with Crippen LogP contribution < -0.4 is 4.90 Å². The Bertz CT molecular complexity index is 986. The van der Waals surface area contributed by atoms with Crippen LogP contribution in [0.4, 0.5) is 14.9 Å². The van der Waals surface area contributed by atoms with Crippen molar-refractivity contribution in [3.05, 3.63) is 41.5 Å². The number of fused-ring (bicyclic) bond motifs is 3. The van der Waals surface area contributed by atoms with Gasteiger partial charge in [-0.3, -0.25) is 24.3 Å². The molecule has 4 rings (SSSR count). The fourth-order valence-corrected chi connectivity index (χ4v) is 4.01. The van der Waals surface area contributed by atoms with Crippen molar-refractivity contribution < 1.29 is 18.8 Å². The number of carbonyl (C=O) groups is 3. The zero-order valence-corrected chi connectivity index (χ0v) is 16.9. The molecule has 3 aliphatic heterocycles. The Hall–Kier alpha value is -3.23. The van der Waals surface area contributed by atoms with Gasteiger partial charge < -0.3 is 4.90 Å². The number of allylic oxidation sites excluding steroid dienone is 2. The minimum atomic E-state index is -0.858. The number of hydrogen-bond acceptors (Lipinski definition) is 6. The lowest BCUT2D eigenvalue weighted by Gasteiger charge is -2.42. The molecule has 9 heteroatoms. The third-order valence-electron chi connectivity index (χ3n) is 5.90. The molecule has 0 aromatic heterocycles. The summed E-state index contributed by atoms with van der Waals surface area (Å²) in [4.78, 5) is 48.7. The number of anilines is 1. The lowest BCUT2D eigenvalue weighted by atomic mass is 10.1. The summed E-state index contributed by atoms with van der Waals surface area (Å²) in [6.45, 7) is 6.67. The summed E-state index contributed by atoms with van der Waals surface area (Å²) in [6, 6.07) is 3.84. The molecule has 0 saturated carbocycles. The third-order valence-corrected chi connectivity index (χ3v) is 5.90. The van der Waals surface area contributed by atoms with Gasteiger partial charge in [0.2, 0.25) is 5.96 Å². The number of hydrogen-bond donors (Lipinski definition) is 0. The van der Waals surface area contributed by atoms with Crippen molar-refractivity contribution in [2.24, 2.45) is 4.99 Å². The number of halogens is 1. The number of Topliss-reactive ketones (excluding diaryl/α,β-unsaturated/α-hetero) is 1. The van der Waals surface area contributed by atoms with E-state index in [1.807, 2.05) is 18.7 Å². The Morgan fingerprint density at radius 1 is 1.14 bits per heavy atom. The van der Waals surface area contributed by atoms with Crippen molar-refractivity contribution in [1.29, 1.82) is 0 Å². The van der Waals surface area contributed by atoms with Gasteiger partial charge in [0.15, 0.2) is 18.0 Å². The van der Waals surface area contributed by atoms with Crippen LogP contribution in [0.5, 0.6) is 0 Å². The molecule has 3 amide bonds. The monoisotopic (exact) mass is 399 g/mol. The normalized spacial score (nSPS) is 24.8. The first kappa shape index (κ1) is 19.1. The van der Waals surface area contributed by atoms with Gasteiger partial charge in [-0.1, -0.05) is 0 Å². The van der Waals surface area contributed by atoms with Gasteiger partial charge in [0, 0.05) is 24.1 Å². The van der Waals surface area contributed by atoms with Gasteiger partial charge in [-0.2, -0.15) is 0 Å². The molecule has 0 bridgehead atoms. The predicted octanol–water partition coefficient (Wildman–Crippen LogP) is 2.13. The molecule has 152 valence electrons. The average molecular weight is 399 g/mol. The lowest BCUT2D eigenvalue weighted by molar-refractivity contribution is -0.142. The van der Waals surface area contributed by atoms with E-state index < -0.39 is 30.2 Å². The topological polar surface area (TPSA) is 76.5 Å². The van der Waals surface area contributed by atoms with Crippen molar-refractivity contribution in [3.8, 4) is 0 Å². The largest absolute Gasteiger partial charge is 0.328 e. The number of likely N-dealkylation sites (N-methyl/N-ethyl adjacent to an activating group) is 1. The summed E-state index contributed by atoms with van der Waals surface area (Å²) >= 11 is 0.